The summed E-state index contributed by atoms with van der Waals surface area (Å²) >= 11 is 2.42. The Morgan fingerprint density at radius 2 is 2.09 bits per heavy atom. The van der Waals surface area contributed by atoms with Crippen LogP contribution in [0, 0.1) is 0 Å². The maximum absolute atomic E-state index is 2.42. The van der Waals surface area contributed by atoms with Gasteiger partial charge < -0.3 is 0 Å². The van der Waals surface area contributed by atoms with Crippen LogP contribution in [0.4, 0.5) is 0 Å². The van der Waals surface area contributed by atoms with Gasteiger partial charge in [-0.2, -0.15) is 0 Å². The second-order valence-corrected chi connectivity index (χ2v) is 2.77. The molecular formula is C7H16B3Ru. The fourth-order valence-corrected chi connectivity index (χ4v) is 0.697. The number of allylic oxidation sites excluding steroid dienone is 3. The molecule has 0 atom stereocenters. The predicted molar refractivity (Wildman–Crippen MR) is 57.3 cm³/mol. The van der Waals surface area contributed by atoms with Crippen LogP contribution in [0.3, 0.4) is 0 Å². The van der Waals surface area contributed by atoms with Crippen molar-refractivity contribution in [2.24, 2.45) is 0 Å². The van der Waals surface area contributed by atoms with Crippen molar-refractivity contribution >= 4 is 22.0 Å². The van der Waals surface area contributed by atoms with Gasteiger partial charge in [-0.3, -0.25) is 0 Å². The van der Waals surface area contributed by atoms with E-state index in [0.717, 1.165) is 0 Å². The van der Waals surface area contributed by atoms with E-state index in [9.17, 15) is 0 Å². The van der Waals surface area contributed by atoms with Gasteiger partial charge in [-0.05, 0) is 0 Å². The molecule has 0 rings (SSSR count). The van der Waals surface area contributed by atoms with Gasteiger partial charge in [0, 0.05) is 0 Å². The first-order valence-electron chi connectivity index (χ1n) is 4.20. The van der Waals surface area contributed by atoms with Crippen molar-refractivity contribution in [3.8, 4) is 0 Å². The van der Waals surface area contributed by atoms with Gasteiger partial charge in [0.1, 0.15) is 0 Å². The Bertz CT molecular complexity index is 89.9. The molecule has 0 nitrogen and oxygen atoms in total. The van der Waals surface area contributed by atoms with E-state index in [2.05, 4.69) is 33.0 Å². The topological polar surface area (TPSA) is 0 Å². The van der Waals surface area contributed by atoms with Crippen LogP contribution in [0.1, 0.15) is 13.8 Å². The predicted octanol–water partition coefficient (Wildman–Crippen LogP) is 0.384. The van der Waals surface area contributed by atoms with E-state index in [0.29, 0.717) is 0 Å². The quantitative estimate of drug-likeness (QED) is 0.489. The molecule has 0 aromatic rings. The zero-order valence-corrected chi connectivity index (χ0v) is 9.52. The van der Waals surface area contributed by atoms with Crippen molar-refractivity contribution in [3.63, 3.8) is 0 Å². The van der Waals surface area contributed by atoms with Crippen molar-refractivity contribution in [1.82, 2.24) is 0 Å². The molecule has 0 spiro atoms. The average molecular weight is 234 g/mol. The Labute approximate surface area is 83.4 Å². The van der Waals surface area contributed by atoms with Gasteiger partial charge in [0.15, 0.2) is 0 Å². The summed E-state index contributed by atoms with van der Waals surface area (Å²) in [6.07, 6.45) is 7.28. The van der Waals surface area contributed by atoms with Crippen molar-refractivity contribution in [3.05, 3.63) is 22.9 Å². The third kappa shape index (κ3) is 25.3. The van der Waals surface area contributed by atoms with Gasteiger partial charge in [0.2, 0.25) is 0 Å². The molecule has 0 amide bonds. The molecule has 0 aliphatic heterocycles. The normalized spacial score (nSPS) is 9.36. The van der Waals surface area contributed by atoms with Crippen LogP contribution in [0.5, 0.6) is 0 Å². The van der Waals surface area contributed by atoms with E-state index in [1.54, 1.807) is 0 Å². The Kier molecular flexibility index (Phi) is 21.1. The molecule has 0 radical (unpaired) electrons. The van der Waals surface area contributed by atoms with Gasteiger partial charge in [-0.1, -0.05) is 13.2 Å². The maximum atomic E-state index is 2.42. The summed E-state index contributed by atoms with van der Waals surface area (Å²) in [4.78, 5) is 0. The Morgan fingerprint density at radius 1 is 1.45 bits per heavy atom. The van der Waals surface area contributed by atoms with E-state index in [1.165, 1.54) is 20.6 Å². The minimum absolute atomic E-state index is 1.34. The molecular weight excluding hydrogens is 218 g/mol. The molecule has 61 valence electrons. The Balaban J connectivity index is 0. The molecule has 4 heteroatoms. The van der Waals surface area contributed by atoms with Crippen LogP contribution in [-0.4, -0.2) is 22.0 Å². The van der Waals surface area contributed by atoms with Crippen molar-refractivity contribution in [2.75, 3.05) is 0 Å². The van der Waals surface area contributed by atoms with Crippen molar-refractivity contribution in [1.29, 1.82) is 0 Å². The fourth-order valence-electron chi connectivity index (χ4n) is 0.504. The molecule has 0 fully saturated rings. The molecule has 0 unspecified atom stereocenters. The van der Waals surface area contributed by atoms with Gasteiger partial charge in [0.05, 0.1) is 22.0 Å². The van der Waals surface area contributed by atoms with Crippen molar-refractivity contribution in [2.45, 2.75) is 20.2 Å². The second kappa shape index (κ2) is 16.7. The molecule has 0 heterocycles. The first-order chi connectivity index (χ1) is 5.33. The van der Waals surface area contributed by atoms with Crippen LogP contribution in [-0.2, 0) is 18.3 Å². The summed E-state index contributed by atoms with van der Waals surface area (Å²) in [5, 5.41) is 0. The van der Waals surface area contributed by atoms with Crippen LogP contribution in [0.15, 0.2) is 22.9 Å². The van der Waals surface area contributed by atoms with Crippen LogP contribution < -0.4 is 0 Å². The summed E-state index contributed by atoms with van der Waals surface area (Å²) in [5.41, 5.74) is 0. The number of hydrogen-bond donors (Lipinski definition) is 0. The molecule has 11 heavy (non-hydrogen) atoms. The van der Waals surface area contributed by atoms with Gasteiger partial charge in [0.25, 0.3) is 0 Å². The molecule has 0 N–H and O–H groups in total. The second-order valence-electron chi connectivity index (χ2n) is 2.19. The van der Waals surface area contributed by atoms with Crippen molar-refractivity contribution < 1.29 is 18.3 Å². The van der Waals surface area contributed by atoms with Gasteiger partial charge in [-0.15, -0.1) is 0 Å². The zero-order chi connectivity index (χ0) is 8.95. The molecule has 0 aromatic carbocycles. The van der Waals surface area contributed by atoms with Crippen LogP contribution in [0.25, 0.3) is 0 Å². The number of hydrogen-bond acceptors (Lipinski definition) is 0. The molecule has 0 aromatic heterocycles. The SMILES string of the molecule is BBBCC.CC=CC=[CH][Ru]. The molecule has 0 saturated heterocycles. The average Bonchev–Trinajstić information content (AvgIpc) is 2.04. The molecule has 0 bridgehead atoms. The number of rotatable bonds is 3. The summed E-state index contributed by atoms with van der Waals surface area (Å²) in [7, 11) is 4.94. The third-order valence-corrected chi connectivity index (χ3v) is 1.41. The Hall–Kier alpha value is 0.298. The standard InChI is InChI=1S/C5H7.C2H9B3.Ru/c1-3-5-4-2;1-2-4-5-3;/h1,3-5H,2H3;4-5H,2-3H2,1H3;. The van der Waals surface area contributed by atoms with E-state index in [-0.39, 0.29) is 0 Å². The summed E-state index contributed by atoms with van der Waals surface area (Å²) in [6, 6.07) is 0. The molecule has 0 aliphatic carbocycles. The first kappa shape index (κ1) is 13.9. The third-order valence-electron chi connectivity index (χ3n) is 1.08. The summed E-state index contributed by atoms with van der Waals surface area (Å²) in [6.45, 7) is 4.20. The summed E-state index contributed by atoms with van der Waals surface area (Å²) < 4.78 is 1.93. The van der Waals surface area contributed by atoms with E-state index in [4.69, 9.17) is 0 Å². The van der Waals surface area contributed by atoms with Gasteiger partial charge in [-0.25, -0.2) is 0 Å². The van der Waals surface area contributed by atoms with Gasteiger partial charge >= 0.3 is 48.1 Å². The monoisotopic (exact) mass is 235 g/mol. The van der Waals surface area contributed by atoms with E-state index in [1.807, 2.05) is 29.8 Å². The Morgan fingerprint density at radius 3 is 2.18 bits per heavy atom. The molecule has 0 saturated carbocycles. The van der Waals surface area contributed by atoms with Crippen LogP contribution >= 0.6 is 0 Å². The summed E-state index contributed by atoms with van der Waals surface area (Å²) in [5.74, 6) is 0. The van der Waals surface area contributed by atoms with Crippen LogP contribution in [0.2, 0.25) is 6.32 Å². The molecule has 0 aliphatic rings. The fraction of sp³-hybridized carbons (Fsp3) is 0.429. The van der Waals surface area contributed by atoms with E-state index < -0.39 is 0 Å². The minimum atomic E-state index is 1.34. The first-order valence-corrected chi connectivity index (χ1v) is 5.20. The zero-order valence-electron chi connectivity index (χ0n) is 7.78. The van der Waals surface area contributed by atoms with E-state index >= 15 is 0 Å².